The standard InChI is InChI=1S/C43H86NO8P/c1-3-5-7-9-11-13-15-17-19-20-21-22-24-25-27-29-31-33-35-42(45)49-39-41(40-51-53(47,48)50-38-37-44)52-43(46)36-34-32-30-28-26-23-18-16-14-12-10-8-6-4-2/h41H,3-40,44H2,1-2H3,(H,47,48)/t41-/m0/s1. The Morgan fingerprint density at radius 3 is 1.15 bits per heavy atom. The third-order valence-corrected chi connectivity index (χ3v) is 11.0. The Labute approximate surface area is 327 Å². The van der Waals surface area contributed by atoms with Crippen LogP contribution < -0.4 is 5.73 Å². The first-order valence-electron chi connectivity index (χ1n) is 22.5. The lowest BCUT2D eigenvalue weighted by molar-refractivity contribution is -0.161. The fraction of sp³-hybridized carbons (Fsp3) is 0.953. The minimum atomic E-state index is -4.37. The van der Waals surface area contributed by atoms with E-state index in [2.05, 4.69) is 13.8 Å². The molecular weight excluding hydrogens is 689 g/mol. The molecule has 10 heteroatoms. The number of phosphoric ester groups is 1. The normalized spacial score (nSPS) is 13.2. The van der Waals surface area contributed by atoms with E-state index in [1.165, 1.54) is 167 Å². The summed E-state index contributed by atoms with van der Waals surface area (Å²) in [5, 5.41) is 0. The predicted molar refractivity (Wildman–Crippen MR) is 220 cm³/mol. The number of carbonyl (C=O) groups is 2. The van der Waals surface area contributed by atoms with Gasteiger partial charge in [-0.25, -0.2) is 4.57 Å². The molecule has 0 radical (unpaired) electrons. The molecule has 0 fully saturated rings. The number of ether oxygens (including phenoxy) is 2. The number of esters is 2. The van der Waals surface area contributed by atoms with Crippen molar-refractivity contribution < 1.29 is 37.6 Å². The summed E-state index contributed by atoms with van der Waals surface area (Å²) >= 11 is 0. The lowest BCUT2D eigenvalue weighted by Gasteiger charge is -2.19. The van der Waals surface area contributed by atoms with Crippen molar-refractivity contribution in [3.05, 3.63) is 0 Å². The van der Waals surface area contributed by atoms with Crippen LogP contribution in [0.3, 0.4) is 0 Å². The molecule has 316 valence electrons. The van der Waals surface area contributed by atoms with Crippen LogP contribution in [0.4, 0.5) is 0 Å². The maximum atomic E-state index is 12.6. The molecule has 0 aliphatic heterocycles. The monoisotopic (exact) mass is 776 g/mol. The largest absolute Gasteiger partial charge is 0.472 e. The van der Waals surface area contributed by atoms with Crippen molar-refractivity contribution in [3.8, 4) is 0 Å². The Morgan fingerprint density at radius 2 is 0.811 bits per heavy atom. The van der Waals surface area contributed by atoms with Gasteiger partial charge in [-0.3, -0.25) is 18.6 Å². The SMILES string of the molecule is CCCCCCCCCCCCCCCCCCCCC(=O)OC[C@@H](COP(=O)(O)OCCN)OC(=O)CCCCCCCCCCCCCCCC. The molecule has 0 saturated heterocycles. The summed E-state index contributed by atoms with van der Waals surface area (Å²) in [6, 6.07) is 0. The van der Waals surface area contributed by atoms with Crippen LogP contribution in [-0.2, 0) is 32.7 Å². The van der Waals surface area contributed by atoms with E-state index in [1.807, 2.05) is 0 Å². The van der Waals surface area contributed by atoms with Gasteiger partial charge >= 0.3 is 19.8 Å². The van der Waals surface area contributed by atoms with Gasteiger partial charge in [0.25, 0.3) is 0 Å². The molecule has 2 atom stereocenters. The van der Waals surface area contributed by atoms with E-state index in [0.717, 1.165) is 32.1 Å². The maximum Gasteiger partial charge on any atom is 0.472 e. The number of unbranched alkanes of at least 4 members (excludes halogenated alkanes) is 30. The minimum absolute atomic E-state index is 0.0581. The van der Waals surface area contributed by atoms with Gasteiger partial charge in [0.2, 0.25) is 0 Å². The predicted octanol–water partition coefficient (Wildman–Crippen LogP) is 12.8. The van der Waals surface area contributed by atoms with Gasteiger partial charge in [-0.05, 0) is 12.8 Å². The molecule has 0 aliphatic rings. The van der Waals surface area contributed by atoms with Gasteiger partial charge in [0.1, 0.15) is 6.61 Å². The first-order valence-corrected chi connectivity index (χ1v) is 24.0. The third kappa shape index (κ3) is 40.5. The van der Waals surface area contributed by atoms with Crippen LogP contribution in [0, 0.1) is 0 Å². The molecule has 0 aromatic heterocycles. The molecule has 3 N–H and O–H groups in total. The van der Waals surface area contributed by atoms with Crippen molar-refractivity contribution in [1.29, 1.82) is 0 Å². The topological polar surface area (TPSA) is 134 Å². The highest BCUT2D eigenvalue weighted by Gasteiger charge is 2.26. The van der Waals surface area contributed by atoms with Gasteiger partial charge in [-0.1, -0.05) is 206 Å². The number of carbonyl (C=O) groups excluding carboxylic acids is 2. The summed E-state index contributed by atoms with van der Waals surface area (Å²) in [6.45, 7) is 3.78. The highest BCUT2D eigenvalue weighted by atomic mass is 31.2. The zero-order valence-electron chi connectivity index (χ0n) is 34.8. The summed E-state index contributed by atoms with van der Waals surface area (Å²) in [7, 11) is -4.37. The second kappa shape index (κ2) is 40.7. The second-order valence-corrected chi connectivity index (χ2v) is 16.7. The fourth-order valence-corrected chi connectivity index (χ4v) is 7.40. The van der Waals surface area contributed by atoms with Crippen LogP contribution in [0.5, 0.6) is 0 Å². The van der Waals surface area contributed by atoms with E-state index < -0.39 is 26.5 Å². The zero-order valence-corrected chi connectivity index (χ0v) is 35.7. The average Bonchev–Trinajstić information content (AvgIpc) is 3.14. The van der Waals surface area contributed by atoms with Gasteiger partial charge in [-0.15, -0.1) is 0 Å². The van der Waals surface area contributed by atoms with Crippen LogP contribution in [-0.4, -0.2) is 49.3 Å². The highest BCUT2D eigenvalue weighted by molar-refractivity contribution is 7.47. The maximum absolute atomic E-state index is 12.6. The molecule has 0 saturated carbocycles. The number of hydrogen-bond acceptors (Lipinski definition) is 8. The number of phosphoric acid groups is 1. The first kappa shape index (κ1) is 52.0. The molecule has 0 rings (SSSR count). The van der Waals surface area contributed by atoms with Crippen LogP contribution >= 0.6 is 7.82 Å². The van der Waals surface area contributed by atoms with Gasteiger partial charge in [0.15, 0.2) is 6.10 Å². The average molecular weight is 776 g/mol. The number of hydrogen-bond donors (Lipinski definition) is 2. The van der Waals surface area contributed by atoms with E-state index in [0.29, 0.717) is 6.42 Å². The van der Waals surface area contributed by atoms with Crippen molar-refractivity contribution in [2.75, 3.05) is 26.4 Å². The van der Waals surface area contributed by atoms with Crippen molar-refractivity contribution >= 4 is 19.8 Å². The van der Waals surface area contributed by atoms with Crippen LogP contribution in [0.2, 0.25) is 0 Å². The Kier molecular flexibility index (Phi) is 39.9. The summed E-state index contributed by atoms with van der Waals surface area (Å²) in [5.74, 6) is -0.811. The Hall–Kier alpha value is -0.990. The molecule has 9 nitrogen and oxygen atoms in total. The van der Waals surface area contributed by atoms with Crippen LogP contribution in [0.15, 0.2) is 0 Å². The van der Waals surface area contributed by atoms with E-state index in [9.17, 15) is 19.0 Å². The van der Waals surface area contributed by atoms with Crippen molar-refractivity contribution in [2.45, 2.75) is 238 Å². The number of rotatable bonds is 43. The molecule has 0 spiro atoms. The third-order valence-electron chi connectivity index (χ3n) is 9.99. The van der Waals surface area contributed by atoms with Gasteiger partial charge in [-0.2, -0.15) is 0 Å². The van der Waals surface area contributed by atoms with Crippen LogP contribution in [0.1, 0.15) is 232 Å². The fourth-order valence-electron chi connectivity index (χ4n) is 6.64. The van der Waals surface area contributed by atoms with Crippen molar-refractivity contribution in [3.63, 3.8) is 0 Å². The second-order valence-electron chi connectivity index (χ2n) is 15.3. The van der Waals surface area contributed by atoms with E-state index in [-0.39, 0.29) is 38.6 Å². The molecule has 0 aromatic carbocycles. The van der Waals surface area contributed by atoms with E-state index in [1.54, 1.807) is 0 Å². The van der Waals surface area contributed by atoms with Gasteiger partial charge in [0.05, 0.1) is 13.2 Å². The van der Waals surface area contributed by atoms with Gasteiger partial charge < -0.3 is 20.1 Å². The summed E-state index contributed by atoms with van der Waals surface area (Å²) in [4.78, 5) is 34.9. The molecule has 1 unspecified atom stereocenters. The minimum Gasteiger partial charge on any atom is -0.462 e. The van der Waals surface area contributed by atoms with Gasteiger partial charge in [0, 0.05) is 19.4 Å². The first-order chi connectivity index (χ1) is 25.8. The van der Waals surface area contributed by atoms with E-state index in [4.69, 9.17) is 24.3 Å². The molecule has 0 heterocycles. The quantitative estimate of drug-likeness (QED) is 0.0352. The lowest BCUT2D eigenvalue weighted by Crippen LogP contribution is -2.29. The summed E-state index contributed by atoms with van der Waals surface area (Å²) in [6.07, 6.45) is 39.9. The van der Waals surface area contributed by atoms with Crippen LogP contribution in [0.25, 0.3) is 0 Å². The summed E-state index contributed by atoms with van der Waals surface area (Å²) in [5.41, 5.74) is 5.35. The smallest absolute Gasteiger partial charge is 0.462 e. The number of nitrogens with two attached hydrogens (primary N) is 1. The lowest BCUT2D eigenvalue weighted by atomic mass is 10.0. The molecule has 53 heavy (non-hydrogen) atoms. The highest BCUT2D eigenvalue weighted by Crippen LogP contribution is 2.43. The molecular formula is C43H86NO8P. The molecule has 0 aromatic rings. The summed E-state index contributed by atoms with van der Waals surface area (Å²) < 4.78 is 32.8. The Morgan fingerprint density at radius 1 is 0.491 bits per heavy atom. The van der Waals surface area contributed by atoms with Crippen molar-refractivity contribution in [1.82, 2.24) is 0 Å². The van der Waals surface area contributed by atoms with E-state index >= 15 is 0 Å². The zero-order chi connectivity index (χ0) is 38.9. The molecule has 0 aliphatic carbocycles. The molecule has 0 amide bonds. The Bertz CT molecular complexity index is 845. The molecule has 0 bridgehead atoms. The Balaban J connectivity index is 4.06. The van der Waals surface area contributed by atoms with Crippen molar-refractivity contribution in [2.24, 2.45) is 5.73 Å².